The molecule has 2 aromatic carbocycles. The van der Waals surface area contributed by atoms with Gasteiger partial charge in [-0.25, -0.2) is 9.97 Å². The smallest absolute Gasteiger partial charge is 0.309 e. The maximum Gasteiger partial charge on any atom is 0.309 e. The van der Waals surface area contributed by atoms with Gasteiger partial charge in [0, 0.05) is 133 Å². The lowest BCUT2D eigenvalue weighted by Crippen LogP contribution is -2.64. The third-order valence-corrected chi connectivity index (χ3v) is 30.4. The van der Waals surface area contributed by atoms with Crippen LogP contribution in [0.4, 0.5) is 0 Å². The van der Waals surface area contributed by atoms with Gasteiger partial charge in [-0.1, -0.05) is 103 Å². The van der Waals surface area contributed by atoms with Crippen LogP contribution in [0.5, 0.6) is 0 Å². The van der Waals surface area contributed by atoms with Gasteiger partial charge in [0.1, 0.15) is 35.6 Å². The number of amides is 6. The van der Waals surface area contributed by atoms with Crippen LogP contribution in [0.25, 0.3) is 20.9 Å². The normalized spacial score (nSPS) is 29.9. The van der Waals surface area contributed by atoms with E-state index in [1.807, 2.05) is 136 Å². The zero-order chi connectivity index (χ0) is 89.9. The Morgan fingerprint density at radius 1 is 0.500 bits per heavy atom. The first-order valence-corrected chi connectivity index (χ1v) is 47.9. The highest BCUT2D eigenvalue weighted by molar-refractivity contribution is 7.13. The van der Waals surface area contributed by atoms with E-state index in [2.05, 4.69) is 31.2 Å². The minimum absolute atomic E-state index is 0.00300. The number of aromatic nitrogens is 2. The van der Waals surface area contributed by atoms with Crippen LogP contribution in [0.15, 0.2) is 59.6 Å². The number of aryl methyl sites for hydroxylation is 2. The molecule has 14 fully saturated rings. The number of carboxylic acid groups (broad SMARTS) is 1. The number of nitrogens with zero attached hydrogens (tertiary/aromatic N) is 4. The highest BCUT2D eigenvalue weighted by Gasteiger charge is 2.73. The fraction of sp³-hybridized carbons (Fsp3) is 0.716. The standard InChI is InChI=1S/C45H62N4O9S.C33H48N4O7S.C17H24O5/c1-28-38(59-27-47-28)31-12-10-29(11-13-31)25-46-40(53)35-21-34(50)26-49(35)41(54)39(42(2,3)4)48-37(52)14-18-55-17-8-9-36(51)43-22-30-19-32(23-43)45(33(20-30)24-43)56-44(57-58-45)15-6-5-7-16-44;1-21-28(45-20-35-21)23-12-10-22(11-13-23)18-34-30(41)25-17-24(38)19-37(25)31(42)29(32(2,3)4)36-26(39)14-16-43-15-8-9-27(40)44-33(5,6)7;18-14(19)15-8-11-6-12(9-15)17(13(7-11)10-15)20-16(21-22-17)4-2-1-3-5-16/h10-13,27,30,32-35,39,50H,5-9,14-26H2,1-4H3,(H,46,53)(H,48,52);10-13,20,24-25,29,38H,8-9,14-19H2,1-7H3,(H,34,41)(H,36,39);11-13H,1-10H2,(H,18,19). The number of β-amino-alcohol motifs (C(OH)–C–C–N with tert-alkyl or cyclic N) is 2. The van der Waals surface area contributed by atoms with Gasteiger partial charge in [0.2, 0.25) is 58.6 Å². The van der Waals surface area contributed by atoms with Crippen molar-refractivity contribution in [1.29, 1.82) is 0 Å². The minimum atomic E-state index is -0.921. The molecule has 2 aromatic heterocycles. The number of hydrogen-bond donors (Lipinski definition) is 7. The lowest BCUT2D eigenvalue weighted by molar-refractivity contribution is -0.393. The molecule has 126 heavy (non-hydrogen) atoms. The summed E-state index contributed by atoms with van der Waals surface area (Å²) >= 11 is 3.15. The van der Waals surface area contributed by atoms with Gasteiger partial charge >= 0.3 is 11.9 Å². The van der Waals surface area contributed by atoms with Crippen molar-refractivity contribution in [2.45, 2.75) is 334 Å². The number of carbonyl (C=O) groups is 9. The fourth-order valence-electron chi connectivity index (χ4n) is 22.4. The van der Waals surface area contributed by atoms with Crippen LogP contribution in [0.3, 0.4) is 0 Å². The van der Waals surface area contributed by atoms with Crippen LogP contribution in [-0.2, 0) is 99.5 Å². The average molecular weight is 1790 g/mol. The summed E-state index contributed by atoms with van der Waals surface area (Å²) < 4.78 is 30.0. The summed E-state index contributed by atoms with van der Waals surface area (Å²) in [5, 5.41) is 42.3. The molecule has 10 atom stereocenters. The lowest BCUT2D eigenvalue weighted by Gasteiger charge is -2.61. The number of aliphatic carboxylic acids is 1. The molecule has 7 N–H and O–H groups in total. The first-order valence-electron chi connectivity index (χ1n) is 46.2. The van der Waals surface area contributed by atoms with E-state index in [0.717, 1.165) is 146 Å². The van der Waals surface area contributed by atoms with E-state index in [4.69, 9.17) is 43.2 Å². The summed E-state index contributed by atoms with van der Waals surface area (Å²) in [7, 11) is 0. The lowest BCUT2D eigenvalue weighted by atomic mass is 9.46. The second kappa shape index (κ2) is 39.0. The molecule has 14 aliphatic rings. The van der Waals surface area contributed by atoms with Gasteiger partial charge in [-0.15, -0.1) is 22.7 Å². The number of nitrogens with one attached hydrogen (secondary N) is 4. The van der Waals surface area contributed by atoms with Gasteiger partial charge < -0.3 is 70.1 Å². The molecular formula is C95H134N8O21S2. The Morgan fingerprint density at radius 2 is 0.889 bits per heavy atom. The first kappa shape index (κ1) is 94.8. The number of ketones is 1. The predicted octanol–water partition coefficient (Wildman–Crippen LogP) is 13.1. The van der Waals surface area contributed by atoms with E-state index in [0.29, 0.717) is 62.9 Å². The minimum Gasteiger partial charge on any atom is -0.481 e. The number of benzene rings is 2. The Balaban J connectivity index is 0.000000168. The molecule has 4 aliphatic heterocycles. The zero-order valence-electron chi connectivity index (χ0n) is 75.5. The number of rotatable bonds is 28. The SMILES string of the molecule is Cc1ncsc1-c1ccc(CNC(=O)C2CC(O)CN2C(=O)C(NC(=O)CCOCCCC(=O)C23CC4CC(C2)C2(OOC5(CCCCC5)O2)C(C4)C3)C(C)(C)C)cc1.Cc1ncsc1-c1ccc(CNC(=O)C2CC(O)CN2C(=O)C(NC(=O)CCOCCCC(=O)OC(C)(C)C)C(C)(C)C)cc1.O=C(O)C12CC3CC(C1)C1(OOC4(CCCCC4)O1)C(C3)C2. The van der Waals surface area contributed by atoms with Crippen molar-refractivity contribution in [2.75, 3.05) is 39.5 Å². The topological polar surface area (TPSA) is 378 Å². The van der Waals surface area contributed by atoms with E-state index in [-0.39, 0.29) is 130 Å². The third kappa shape index (κ3) is 21.5. The number of carbonyl (C=O) groups excluding carboxylic acids is 8. The Labute approximate surface area is 748 Å². The summed E-state index contributed by atoms with van der Waals surface area (Å²) in [4.78, 5) is 155. The number of ether oxygens (including phenoxy) is 5. The van der Waals surface area contributed by atoms with Gasteiger partial charge in [-0.2, -0.15) is 19.6 Å². The number of carboxylic acids is 1. The second-order valence-electron chi connectivity index (χ2n) is 41.3. The predicted molar refractivity (Wildman–Crippen MR) is 467 cm³/mol. The molecule has 10 saturated carbocycles. The van der Waals surface area contributed by atoms with Crippen molar-refractivity contribution in [3.63, 3.8) is 0 Å². The molecule has 29 nitrogen and oxygen atoms in total. The van der Waals surface area contributed by atoms with Crippen molar-refractivity contribution >= 4 is 75.8 Å². The molecule has 18 rings (SSSR count). The Kier molecular flexibility index (Phi) is 29.4. The summed E-state index contributed by atoms with van der Waals surface area (Å²) in [5.41, 5.74) is 6.76. The quantitative estimate of drug-likeness (QED) is 0.0158. The van der Waals surface area contributed by atoms with E-state index >= 15 is 0 Å². The van der Waals surface area contributed by atoms with Crippen LogP contribution in [-0.4, -0.2) is 193 Å². The molecule has 692 valence electrons. The average Bonchev–Trinajstić information content (AvgIpc) is 1.36. The van der Waals surface area contributed by atoms with Gasteiger partial charge in [0.15, 0.2) is 0 Å². The molecule has 6 heterocycles. The van der Waals surface area contributed by atoms with Crippen molar-refractivity contribution in [3.05, 3.63) is 82.1 Å². The summed E-state index contributed by atoms with van der Waals surface area (Å²) in [6.07, 6.45) is 19.6. The number of aliphatic hydroxyl groups excluding tert-OH is 2. The monoisotopic (exact) mass is 1790 g/mol. The van der Waals surface area contributed by atoms with Crippen molar-refractivity contribution in [1.82, 2.24) is 41.0 Å². The van der Waals surface area contributed by atoms with Gasteiger partial charge in [0.05, 0.1) is 63.0 Å². The highest BCUT2D eigenvalue weighted by Crippen LogP contribution is 2.70. The van der Waals surface area contributed by atoms with E-state index in [9.17, 15) is 58.5 Å². The first-order chi connectivity index (χ1) is 59.8. The Bertz CT molecular complexity index is 4490. The van der Waals surface area contributed by atoms with Crippen LogP contribution in [0.2, 0.25) is 0 Å². The summed E-state index contributed by atoms with van der Waals surface area (Å²) in [5.74, 6) is -3.66. The largest absolute Gasteiger partial charge is 0.481 e. The van der Waals surface area contributed by atoms with Crippen LogP contribution in [0.1, 0.15) is 265 Å². The van der Waals surface area contributed by atoms with Crippen LogP contribution < -0.4 is 21.3 Å². The number of thiazole rings is 2. The molecule has 10 unspecified atom stereocenters. The molecule has 6 amide bonds. The molecule has 4 spiro atoms. The summed E-state index contributed by atoms with van der Waals surface area (Å²) in [6.45, 7) is 21.9. The molecule has 0 radical (unpaired) electrons. The Morgan fingerprint density at radius 3 is 1.26 bits per heavy atom. The van der Waals surface area contributed by atoms with Gasteiger partial charge in [0.25, 0.3) is 0 Å². The maximum absolute atomic E-state index is 14.0. The highest BCUT2D eigenvalue weighted by atomic mass is 32.1. The summed E-state index contributed by atoms with van der Waals surface area (Å²) in [6, 6.07) is 12.2. The second-order valence-corrected chi connectivity index (χ2v) is 43.0. The number of hydrogen-bond acceptors (Lipinski definition) is 24. The van der Waals surface area contributed by atoms with Crippen LogP contribution in [0, 0.1) is 71.0 Å². The fourth-order valence-corrected chi connectivity index (χ4v) is 24.0. The van der Waals surface area contributed by atoms with Gasteiger partial charge in [-0.3, -0.25) is 43.2 Å². The molecule has 31 heteroatoms. The molecule has 4 saturated heterocycles. The van der Waals surface area contributed by atoms with Crippen molar-refractivity contribution < 1.29 is 102 Å². The van der Waals surface area contributed by atoms with E-state index in [1.165, 1.54) is 22.6 Å². The molecule has 4 aromatic rings. The maximum atomic E-state index is 14.0. The van der Waals surface area contributed by atoms with E-state index in [1.54, 1.807) is 22.7 Å². The van der Waals surface area contributed by atoms with Crippen molar-refractivity contribution in [3.8, 4) is 20.9 Å². The van der Waals surface area contributed by atoms with Crippen molar-refractivity contribution in [2.24, 2.45) is 57.2 Å². The molecule has 8 bridgehead atoms. The van der Waals surface area contributed by atoms with Gasteiger partial charge in [-0.05, 0) is 182 Å². The molecule has 10 aliphatic carbocycles. The zero-order valence-corrected chi connectivity index (χ0v) is 77.1. The van der Waals surface area contributed by atoms with E-state index < -0.39 is 99.2 Å². The number of esters is 1. The third-order valence-electron chi connectivity index (χ3n) is 28.4. The Hall–Kier alpha value is -7.27. The molecular weight excluding hydrogens is 1650 g/mol. The number of likely N-dealkylation sites (tertiary alicyclic amines) is 2. The van der Waals surface area contributed by atoms with Crippen LogP contribution >= 0.6 is 22.7 Å². The number of aliphatic hydroxyl groups is 2. The number of Topliss-reactive ketones (excluding diaryl/α,β-unsaturated/α-hetero) is 1.